The van der Waals surface area contributed by atoms with Gasteiger partial charge in [0.1, 0.15) is 0 Å². The highest BCUT2D eigenvalue weighted by molar-refractivity contribution is 5.12. The molecular formula is C13H21F2N3. The summed E-state index contributed by atoms with van der Waals surface area (Å²) in [6.07, 6.45) is 1.42. The molecule has 0 spiro atoms. The van der Waals surface area contributed by atoms with Gasteiger partial charge in [-0.05, 0) is 38.8 Å². The lowest BCUT2D eigenvalue weighted by Crippen LogP contribution is -2.20. The van der Waals surface area contributed by atoms with Gasteiger partial charge in [-0.1, -0.05) is 0 Å². The standard InChI is InChI=1S/C13H21F2N3/c1-9-6-12(17-18(9)3)11(16-2)7-10-4-5-13(14,15)8-10/h6,10-11,16H,4-5,7-8H2,1-3H3. The molecule has 0 amide bonds. The molecule has 5 heteroatoms. The van der Waals surface area contributed by atoms with Gasteiger partial charge in [0.2, 0.25) is 5.92 Å². The molecule has 2 unspecified atom stereocenters. The fraction of sp³-hybridized carbons (Fsp3) is 0.769. The molecule has 1 aromatic heterocycles. The summed E-state index contributed by atoms with van der Waals surface area (Å²) in [7, 11) is 3.76. The Kier molecular flexibility index (Phi) is 3.71. The van der Waals surface area contributed by atoms with Gasteiger partial charge in [0.15, 0.2) is 0 Å². The number of halogens is 2. The zero-order chi connectivity index (χ0) is 13.3. The van der Waals surface area contributed by atoms with Crippen LogP contribution in [0.4, 0.5) is 8.78 Å². The molecule has 0 aromatic carbocycles. The summed E-state index contributed by atoms with van der Waals surface area (Å²) in [6.45, 7) is 1.99. The number of nitrogens with one attached hydrogen (secondary N) is 1. The van der Waals surface area contributed by atoms with Gasteiger partial charge in [0, 0.05) is 25.6 Å². The van der Waals surface area contributed by atoms with E-state index in [1.54, 1.807) is 0 Å². The van der Waals surface area contributed by atoms with Crippen LogP contribution < -0.4 is 5.32 Å². The molecule has 0 saturated heterocycles. The van der Waals surface area contributed by atoms with Crippen LogP contribution in [-0.2, 0) is 7.05 Å². The van der Waals surface area contributed by atoms with E-state index in [2.05, 4.69) is 10.4 Å². The highest BCUT2D eigenvalue weighted by atomic mass is 19.3. The van der Waals surface area contributed by atoms with Crippen molar-refractivity contribution in [2.24, 2.45) is 13.0 Å². The van der Waals surface area contributed by atoms with Crippen molar-refractivity contribution >= 4 is 0 Å². The first-order valence-electron chi connectivity index (χ1n) is 6.47. The van der Waals surface area contributed by atoms with Crippen LogP contribution in [0, 0.1) is 12.8 Å². The molecule has 0 bridgehead atoms. The number of hydrogen-bond acceptors (Lipinski definition) is 2. The molecular weight excluding hydrogens is 236 g/mol. The molecule has 1 aromatic rings. The number of alkyl halides is 2. The lowest BCUT2D eigenvalue weighted by molar-refractivity contribution is 0.00431. The Balaban J connectivity index is 2.02. The van der Waals surface area contributed by atoms with Crippen LogP contribution >= 0.6 is 0 Å². The zero-order valence-electron chi connectivity index (χ0n) is 11.2. The molecule has 0 radical (unpaired) electrons. The average molecular weight is 257 g/mol. The largest absolute Gasteiger partial charge is 0.312 e. The van der Waals surface area contributed by atoms with Crippen molar-refractivity contribution in [2.75, 3.05) is 7.05 Å². The van der Waals surface area contributed by atoms with Crippen molar-refractivity contribution in [3.63, 3.8) is 0 Å². The Morgan fingerprint density at radius 3 is 2.78 bits per heavy atom. The van der Waals surface area contributed by atoms with Gasteiger partial charge < -0.3 is 5.32 Å². The van der Waals surface area contributed by atoms with E-state index < -0.39 is 5.92 Å². The van der Waals surface area contributed by atoms with Crippen LogP contribution in [0.3, 0.4) is 0 Å². The number of aryl methyl sites for hydroxylation is 2. The van der Waals surface area contributed by atoms with Crippen molar-refractivity contribution in [1.82, 2.24) is 15.1 Å². The van der Waals surface area contributed by atoms with Crippen molar-refractivity contribution < 1.29 is 8.78 Å². The van der Waals surface area contributed by atoms with E-state index in [4.69, 9.17) is 0 Å². The predicted octanol–water partition coefficient (Wildman–Crippen LogP) is 2.81. The van der Waals surface area contributed by atoms with E-state index in [0.29, 0.717) is 6.42 Å². The molecule has 0 aliphatic heterocycles. The Labute approximate surface area is 107 Å². The number of aromatic nitrogens is 2. The second-order valence-corrected chi connectivity index (χ2v) is 5.38. The third-order valence-corrected chi connectivity index (χ3v) is 3.91. The van der Waals surface area contributed by atoms with Crippen molar-refractivity contribution in [3.8, 4) is 0 Å². The fourth-order valence-electron chi connectivity index (χ4n) is 2.72. The van der Waals surface area contributed by atoms with Crippen LogP contribution in [0.5, 0.6) is 0 Å². The minimum atomic E-state index is -2.46. The van der Waals surface area contributed by atoms with Crippen LogP contribution in [0.1, 0.15) is 43.1 Å². The van der Waals surface area contributed by atoms with Gasteiger partial charge in [-0.2, -0.15) is 5.10 Å². The first kappa shape index (κ1) is 13.5. The van der Waals surface area contributed by atoms with Crippen LogP contribution in [0.15, 0.2) is 6.07 Å². The number of hydrogen-bond donors (Lipinski definition) is 1. The molecule has 1 fully saturated rings. The summed E-state index contributed by atoms with van der Waals surface area (Å²) in [5.41, 5.74) is 2.04. The molecule has 1 aliphatic rings. The molecule has 3 nitrogen and oxygen atoms in total. The van der Waals surface area contributed by atoms with Crippen LogP contribution in [-0.4, -0.2) is 22.8 Å². The molecule has 2 atom stereocenters. The monoisotopic (exact) mass is 257 g/mol. The second kappa shape index (κ2) is 4.96. The second-order valence-electron chi connectivity index (χ2n) is 5.38. The normalized spacial score (nSPS) is 24.4. The first-order chi connectivity index (χ1) is 8.41. The van der Waals surface area contributed by atoms with E-state index in [9.17, 15) is 8.78 Å². The Bertz CT molecular complexity index is 395. The van der Waals surface area contributed by atoms with Gasteiger partial charge >= 0.3 is 0 Å². The third-order valence-electron chi connectivity index (χ3n) is 3.91. The third kappa shape index (κ3) is 2.88. The summed E-state index contributed by atoms with van der Waals surface area (Å²) in [5, 5.41) is 7.62. The van der Waals surface area contributed by atoms with E-state index >= 15 is 0 Å². The number of nitrogens with zero attached hydrogens (tertiary/aromatic N) is 2. The van der Waals surface area contributed by atoms with E-state index in [0.717, 1.165) is 17.8 Å². The maximum absolute atomic E-state index is 13.2. The Hall–Kier alpha value is -0.970. The molecule has 18 heavy (non-hydrogen) atoms. The highest BCUT2D eigenvalue weighted by Crippen LogP contribution is 2.42. The van der Waals surface area contributed by atoms with Crippen molar-refractivity contribution in [1.29, 1.82) is 0 Å². The molecule has 1 aliphatic carbocycles. The van der Waals surface area contributed by atoms with Crippen molar-refractivity contribution in [3.05, 3.63) is 17.5 Å². The highest BCUT2D eigenvalue weighted by Gasteiger charge is 2.40. The summed E-state index contributed by atoms with van der Waals surface area (Å²) >= 11 is 0. The molecule has 1 N–H and O–H groups in total. The Morgan fingerprint density at radius 2 is 2.33 bits per heavy atom. The fourth-order valence-corrected chi connectivity index (χ4v) is 2.72. The molecule has 102 valence electrons. The first-order valence-corrected chi connectivity index (χ1v) is 6.47. The van der Waals surface area contributed by atoms with Crippen LogP contribution in [0.2, 0.25) is 0 Å². The van der Waals surface area contributed by atoms with Gasteiger partial charge in [-0.25, -0.2) is 8.78 Å². The summed E-state index contributed by atoms with van der Waals surface area (Å²) < 4.78 is 28.2. The number of rotatable bonds is 4. The van der Waals surface area contributed by atoms with Gasteiger partial charge in [-0.3, -0.25) is 4.68 Å². The maximum Gasteiger partial charge on any atom is 0.248 e. The van der Waals surface area contributed by atoms with Gasteiger partial charge in [0.25, 0.3) is 0 Å². The summed E-state index contributed by atoms with van der Waals surface area (Å²) in [6, 6.07) is 2.10. The quantitative estimate of drug-likeness (QED) is 0.899. The smallest absolute Gasteiger partial charge is 0.248 e. The summed E-state index contributed by atoms with van der Waals surface area (Å²) in [5.74, 6) is -2.36. The van der Waals surface area contributed by atoms with E-state index in [1.165, 1.54) is 0 Å². The van der Waals surface area contributed by atoms with E-state index in [1.807, 2.05) is 31.8 Å². The molecule has 1 saturated carbocycles. The molecule has 2 rings (SSSR count). The predicted molar refractivity (Wildman–Crippen MR) is 66.7 cm³/mol. The lowest BCUT2D eigenvalue weighted by atomic mass is 9.96. The van der Waals surface area contributed by atoms with E-state index in [-0.39, 0.29) is 24.8 Å². The minimum Gasteiger partial charge on any atom is -0.312 e. The Morgan fingerprint density at radius 1 is 1.61 bits per heavy atom. The average Bonchev–Trinajstić information content (AvgIpc) is 2.79. The van der Waals surface area contributed by atoms with Crippen molar-refractivity contribution in [2.45, 2.75) is 44.6 Å². The lowest BCUT2D eigenvalue weighted by Gasteiger charge is -2.18. The van der Waals surface area contributed by atoms with Crippen LogP contribution in [0.25, 0.3) is 0 Å². The van der Waals surface area contributed by atoms with Gasteiger partial charge in [0.05, 0.1) is 11.7 Å². The SMILES string of the molecule is CNC(CC1CCC(F)(F)C1)c1cc(C)n(C)n1. The maximum atomic E-state index is 13.2. The topological polar surface area (TPSA) is 29.9 Å². The minimum absolute atomic E-state index is 0.0248. The zero-order valence-corrected chi connectivity index (χ0v) is 11.2. The summed E-state index contributed by atoms with van der Waals surface area (Å²) in [4.78, 5) is 0. The van der Waals surface area contributed by atoms with Gasteiger partial charge in [-0.15, -0.1) is 0 Å². The molecule has 1 heterocycles.